The van der Waals surface area contributed by atoms with Crippen LogP contribution in [-0.2, 0) is 21.7 Å². The Morgan fingerprint density at radius 1 is 0.186 bits per heavy atom. The quantitative estimate of drug-likeness (QED) is 0.152. The Labute approximate surface area is 411 Å². The summed E-state index contributed by atoms with van der Waals surface area (Å²) < 4.78 is 0. The summed E-state index contributed by atoms with van der Waals surface area (Å²) in [5.74, 6) is 0. The Morgan fingerprint density at radius 2 is 0.429 bits per heavy atom. The fourth-order valence-electron chi connectivity index (χ4n) is 14.7. The van der Waals surface area contributed by atoms with Crippen LogP contribution < -0.4 is 0 Å². The van der Waals surface area contributed by atoms with Crippen molar-refractivity contribution in [2.75, 3.05) is 0 Å². The van der Waals surface area contributed by atoms with Crippen LogP contribution in [0.1, 0.15) is 99.9 Å². The van der Waals surface area contributed by atoms with Gasteiger partial charge in [0.2, 0.25) is 0 Å². The molecule has 4 aliphatic rings. The highest BCUT2D eigenvalue weighted by Gasteiger charge is 2.45. The Bertz CT molecular complexity index is 3890. The van der Waals surface area contributed by atoms with Crippen LogP contribution in [0.15, 0.2) is 182 Å². The van der Waals surface area contributed by atoms with E-state index in [4.69, 9.17) is 0 Å². The molecule has 0 heteroatoms. The first-order valence-corrected chi connectivity index (χ1v) is 25.4. The minimum atomic E-state index is -0.210. The van der Waals surface area contributed by atoms with Gasteiger partial charge in [-0.3, -0.25) is 0 Å². The van der Waals surface area contributed by atoms with Crippen LogP contribution in [0.4, 0.5) is 0 Å². The molecule has 0 heterocycles. The molecule has 0 bridgehead atoms. The van der Waals surface area contributed by atoms with Gasteiger partial charge in [0.05, 0.1) is 0 Å². The van der Waals surface area contributed by atoms with E-state index >= 15 is 0 Å². The highest BCUT2D eigenvalue weighted by Crippen LogP contribution is 2.61. The van der Waals surface area contributed by atoms with Crippen molar-refractivity contribution < 1.29 is 0 Å². The Hall–Kier alpha value is -7.54. The van der Waals surface area contributed by atoms with Crippen molar-refractivity contribution in [3.8, 4) is 66.8 Å². The lowest BCUT2D eigenvalue weighted by atomic mass is 9.77. The third-order valence-corrected chi connectivity index (χ3v) is 18.2. The minimum absolute atomic E-state index is 0.0722. The molecule has 0 N–H and O–H groups in total. The van der Waals surface area contributed by atoms with E-state index in [1.54, 1.807) is 0 Å². The smallest absolute Gasteiger partial charge is 0.0159 e. The van der Waals surface area contributed by atoms with Gasteiger partial charge in [-0.25, -0.2) is 0 Å². The molecule has 0 saturated heterocycles. The van der Waals surface area contributed by atoms with Gasteiger partial charge in [-0.05, 0) is 191 Å². The van der Waals surface area contributed by atoms with E-state index in [9.17, 15) is 0 Å². The predicted molar refractivity (Wildman–Crippen MR) is 298 cm³/mol. The molecule has 4 aliphatic carbocycles. The van der Waals surface area contributed by atoms with Gasteiger partial charge in [-0.1, -0.05) is 201 Å². The van der Waals surface area contributed by atoms with Crippen molar-refractivity contribution in [1.82, 2.24) is 0 Å². The largest absolute Gasteiger partial charge is 0.0619 e. The maximum Gasteiger partial charge on any atom is 0.0159 e. The molecule has 15 rings (SSSR count). The van der Waals surface area contributed by atoms with Gasteiger partial charge in [-0.15, -0.1) is 0 Å². The van der Waals surface area contributed by atoms with E-state index in [1.807, 2.05) is 0 Å². The second-order valence-electron chi connectivity index (χ2n) is 23.1. The van der Waals surface area contributed by atoms with Crippen molar-refractivity contribution >= 4 is 43.1 Å². The SMILES string of the molecule is CC1(C)c2ccccc2-c2cc3c(cc21)-c1c(cc(-c2c4ccccc4c(-c4cc5c(c6ccccc46)-c4cc6c(cc4C5(C)C)-c4ccccc4C6(C)C)c4ccccc24)c2ccccc12)C3(C)C. The summed E-state index contributed by atoms with van der Waals surface area (Å²) in [5.41, 5.74) is 27.2. The summed E-state index contributed by atoms with van der Waals surface area (Å²) in [5, 5.41) is 10.4. The summed E-state index contributed by atoms with van der Waals surface area (Å²) in [6.07, 6.45) is 0. The molecule has 0 amide bonds. The maximum absolute atomic E-state index is 2.59. The van der Waals surface area contributed by atoms with Gasteiger partial charge >= 0.3 is 0 Å². The standard InChI is InChI=1S/C70H54/c1-67(2)55-31-19-17-23-41(55)49-33-59-53(37-57(49)67)65-43-25-11-9-21-39(43)51(35-61(65)69(59,5)6)63-45-27-13-15-29-47(45)64(48-30-16-14-28-46(48)63)52-36-62-66(44-26-12-10-22-40(44)52)54-38-58-50(34-60(54)70(62,7)8)42-24-18-20-32-56(42)68(58,3)4/h9-38H,1-8H3. The van der Waals surface area contributed by atoms with Gasteiger partial charge in [-0.2, -0.15) is 0 Å². The first-order chi connectivity index (χ1) is 33.8. The molecule has 0 radical (unpaired) electrons. The van der Waals surface area contributed by atoms with Crippen molar-refractivity contribution in [2.24, 2.45) is 0 Å². The number of hydrogen-bond acceptors (Lipinski definition) is 0. The second-order valence-corrected chi connectivity index (χ2v) is 23.1. The molecule has 11 aromatic carbocycles. The highest BCUT2D eigenvalue weighted by atomic mass is 14.5. The molecule has 0 spiro atoms. The summed E-state index contributed by atoms with van der Waals surface area (Å²) in [6, 6.07) is 70.6. The zero-order valence-corrected chi connectivity index (χ0v) is 41.3. The number of hydrogen-bond donors (Lipinski definition) is 0. The molecular weight excluding hydrogens is 841 g/mol. The molecule has 11 aromatic rings. The number of rotatable bonds is 2. The predicted octanol–water partition coefficient (Wildman–Crippen LogP) is 18.9. The fourth-order valence-corrected chi connectivity index (χ4v) is 14.7. The molecule has 0 atom stereocenters. The van der Waals surface area contributed by atoms with Crippen LogP contribution in [0.2, 0.25) is 0 Å². The molecule has 0 nitrogen and oxygen atoms in total. The van der Waals surface area contributed by atoms with E-state index < -0.39 is 0 Å². The number of benzene rings is 11. The third-order valence-electron chi connectivity index (χ3n) is 18.2. The van der Waals surface area contributed by atoms with Crippen LogP contribution in [0.5, 0.6) is 0 Å². The lowest BCUT2D eigenvalue weighted by Gasteiger charge is -2.26. The second kappa shape index (κ2) is 13.2. The van der Waals surface area contributed by atoms with E-state index in [2.05, 4.69) is 237 Å². The molecule has 0 fully saturated rings. The van der Waals surface area contributed by atoms with E-state index in [0.717, 1.165) is 0 Å². The van der Waals surface area contributed by atoms with Crippen molar-refractivity contribution in [2.45, 2.75) is 77.0 Å². The first kappa shape index (κ1) is 40.4. The number of fused-ring (bicyclic) bond motifs is 18. The molecule has 0 saturated carbocycles. The average molecular weight is 895 g/mol. The molecule has 70 heavy (non-hydrogen) atoms. The summed E-state index contributed by atoms with van der Waals surface area (Å²) >= 11 is 0. The molecular formula is C70H54. The zero-order valence-electron chi connectivity index (χ0n) is 41.3. The van der Waals surface area contributed by atoms with Crippen LogP contribution in [0, 0.1) is 0 Å². The topological polar surface area (TPSA) is 0 Å². The van der Waals surface area contributed by atoms with Crippen molar-refractivity contribution in [3.05, 3.63) is 226 Å². The minimum Gasteiger partial charge on any atom is -0.0619 e. The van der Waals surface area contributed by atoms with Crippen LogP contribution in [0.3, 0.4) is 0 Å². The average Bonchev–Trinajstić information content (AvgIpc) is 3.93. The normalized spacial score (nSPS) is 16.5. The van der Waals surface area contributed by atoms with Gasteiger partial charge in [0.1, 0.15) is 0 Å². The van der Waals surface area contributed by atoms with Gasteiger partial charge in [0.15, 0.2) is 0 Å². The first-order valence-electron chi connectivity index (χ1n) is 25.4. The van der Waals surface area contributed by atoms with Gasteiger partial charge in [0.25, 0.3) is 0 Å². The van der Waals surface area contributed by atoms with Crippen molar-refractivity contribution in [1.29, 1.82) is 0 Å². The Kier molecular flexibility index (Phi) is 7.61. The molecule has 0 aliphatic heterocycles. The van der Waals surface area contributed by atoms with Crippen LogP contribution in [0.25, 0.3) is 110 Å². The maximum atomic E-state index is 2.59. The van der Waals surface area contributed by atoms with Gasteiger partial charge < -0.3 is 0 Å². The lowest BCUT2D eigenvalue weighted by molar-refractivity contribution is 0.652. The van der Waals surface area contributed by atoms with Crippen LogP contribution in [-0.4, -0.2) is 0 Å². The van der Waals surface area contributed by atoms with Gasteiger partial charge in [0, 0.05) is 21.7 Å². The molecule has 0 unspecified atom stereocenters. The summed E-state index contributed by atoms with van der Waals surface area (Å²) in [6.45, 7) is 19.5. The summed E-state index contributed by atoms with van der Waals surface area (Å²) in [7, 11) is 0. The fraction of sp³-hybridized carbons (Fsp3) is 0.171. The van der Waals surface area contributed by atoms with Crippen molar-refractivity contribution in [3.63, 3.8) is 0 Å². The van der Waals surface area contributed by atoms with E-state index in [1.165, 1.54) is 154 Å². The molecule has 334 valence electrons. The lowest BCUT2D eigenvalue weighted by Crippen LogP contribution is -2.17. The van der Waals surface area contributed by atoms with E-state index in [-0.39, 0.29) is 21.7 Å². The van der Waals surface area contributed by atoms with E-state index in [0.29, 0.717) is 0 Å². The third kappa shape index (κ3) is 4.83. The highest BCUT2D eigenvalue weighted by molar-refractivity contribution is 6.27. The summed E-state index contributed by atoms with van der Waals surface area (Å²) in [4.78, 5) is 0. The molecule has 0 aromatic heterocycles. The Balaban J connectivity index is 0.982. The van der Waals surface area contributed by atoms with Crippen LogP contribution >= 0.6 is 0 Å². The zero-order chi connectivity index (χ0) is 47.4. The monoisotopic (exact) mass is 894 g/mol. The Morgan fingerprint density at radius 3 is 0.786 bits per heavy atom.